The third-order valence-electron chi connectivity index (χ3n) is 2.17. The molecule has 0 heterocycles. The first-order valence-corrected chi connectivity index (χ1v) is 7.34. The van der Waals surface area contributed by atoms with Crippen LogP contribution < -0.4 is 11.5 Å². The fraction of sp³-hybridized carbons (Fsp3) is 0.818. The average molecular weight is 296 g/mol. The normalized spacial score (nSPS) is 13.1. The van der Waals surface area contributed by atoms with Crippen molar-refractivity contribution in [1.82, 2.24) is 0 Å². The van der Waals surface area contributed by atoms with E-state index in [0.717, 1.165) is 12.8 Å². The van der Waals surface area contributed by atoms with E-state index in [1.165, 1.54) is 11.8 Å². The maximum Gasteiger partial charge on any atom is 0.332 e. The fourth-order valence-corrected chi connectivity index (χ4v) is 1.44. The molecule has 2 unspecified atom stereocenters. The molecule has 0 saturated carbocycles. The number of hydrogen-bond acceptors (Lipinski definition) is 6. The van der Waals surface area contributed by atoms with E-state index in [1.54, 1.807) is 0 Å². The van der Waals surface area contributed by atoms with Crippen LogP contribution >= 0.6 is 11.8 Å². The number of carboxylic acids is 2. The number of hydrogen-bond donors (Lipinski definition) is 5. The predicted molar refractivity (Wildman–Crippen MR) is 75.2 cm³/mol. The Hall–Kier alpha value is -0.830. The summed E-state index contributed by atoms with van der Waals surface area (Å²) in [5.74, 6) is -1.38. The van der Waals surface area contributed by atoms with E-state index in [2.05, 4.69) is 0 Å². The summed E-state index contributed by atoms with van der Waals surface area (Å²) in [6.07, 6.45) is 3.18. The predicted octanol–water partition coefficient (Wildman–Crippen LogP) is -0.288. The molecule has 0 spiro atoms. The molecule has 0 rings (SSSR count). The van der Waals surface area contributed by atoms with E-state index in [1.807, 2.05) is 6.26 Å². The molecule has 2 atom stereocenters. The third kappa shape index (κ3) is 15.1. The van der Waals surface area contributed by atoms with Gasteiger partial charge >= 0.3 is 11.9 Å². The van der Waals surface area contributed by atoms with Gasteiger partial charge in [-0.15, -0.1) is 0 Å². The van der Waals surface area contributed by atoms with Crippen molar-refractivity contribution >= 4 is 23.7 Å². The summed E-state index contributed by atoms with van der Waals surface area (Å²) >= 11 is 1.52. The molecule has 0 aromatic carbocycles. The Morgan fingerprint density at radius 3 is 2.11 bits per heavy atom. The molecular weight excluding hydrogens is 272 g/mol. The Morgan fingerprint density at radius 1 is 1.16 bits per heavy atom. The molecule has 0 saturated heterocycles. The van der Waals surface area contributed by atoms with Gasteiger partial charge in [-0.25, -0.2) is 4.79 Å². The SMILES string of the molecule is CSCCC(O)C(=O)O.NCCCCC(N)C(=O)O. The molecule has 0 aromatic rings. The summed E-state index contributed by atoms with van der Waals surface area (Å²) in [5, 5.41) is 25.1. The highest BCUT2D eigenvalue weighted by atomic mass is 32.2. The number of nitrogens with two attached hydrogens (primary N) is 2. The van der Waals surface area contributed by atoms with Crippen molar-refractivity contribution in [2.45, 2.75) is 37.8 Å². The van der Waals surface area contributed by atoms with Gasteiger partial charge in [0.25, 0.3) is 0 Å². The molecule has 0 aromatic heterocycles. The summed E-state index contributed by atoms with van der Waals surface area (Å²) in [5.41, 5.74) is 10.4. The summed E-state index contributed by atoms with van der Waals surface area (Å²) in [6, 6.07) is -0.716. The molecule has 114 valence electrons. The number of carboxylic acid groups (broad SMARTS) is 2. The standard InChI is InChI=1S/C6H14N2O2.C5H10O3S/c7-4-2-1-3-5(8)6(9)10;1-9-3-2-4(6)5(7)8/h5H,1-4,7-8H2,(H,9,10);4,6H,2-3H2,1H3,(H,7,8). The average Bonchev–Trinajstić information content (AvgIpc) is 2.36. The van der Waals surface area contributed by atoms with Crippen molar-refractivity contribution in [3.63, 3.8) is 0 Å². The molecule has 0 bridgehead atoms. The van der Waals surface area contributed by atoms with E-state index >= 15 is 0 Å². The van der Waals surface area contributed by atoms with Gasteiger partial charge < -0.3 is 26.8 Å². The lowest BCUT2D eigenvalue weighted by Gasteiger charge is -2.03. The van der Waals surface area contributed by atoms with Crippen molar-refractivity contribution in [1.29, 1.82) is 0 Å². The molecule has 8 heteroatoms. The molecule has 0 radical (unpaired) electrons. The van der Waals surface area contributed by atoms with Crippen molar-refractivity contribution in [3.8, 4) is 0 Å². The third-order valence-corrected chi connectivity index (χ3v) is 2.81. The van der Waals surface area contributed by atoms with Crippen molar-refractivity contribution in [2.24, 2.45) is 11.5 Å². The minimum Gasteiger partial charge on any atom is -0.480 e. The summed E-state index contributed by atoms with van der Waals surface area (Å²) in [4.78, 5) is 20.1. The van der Waals surface area contributed by atoms with Gasteiger partial charge in [0.15, 0.2) is 6.10 Å². The summed E-state index contributed by atoms with van der Waals surface area (Å²) in [6.45, 7) is 0.604. The molecule has 19 heavy (non-hydrogen) atoms. The lowest BCUT2D eigenvalue weighted by atomic mass is 10.1. The molecular formula is C11H24N2O5S. The number of aliphatic hydroxyl groups is 1. The van der Waals surface area contributed by atoms with Gasteiger partial charge in [-0.2, -0.15) is 11.8 Å². The Kier molecular flexibility index (Phi) is 14.7. The lowest BCUT2D eigenvalue weighted by Crippen LogP contribution is -2.29. The second kappa shape index (κ2) is 13.6. The highest BCUT2D eigenvalue weighted by molar-refractivity contribution is 7.98. The number of carbonyl (C=O) groups is 2. The van der Waals surface area contributed by atoms with Gasteiger partial charge in [0.2, 0.25) is 0 Å². The number of unbranched alkanes of at least 4 members (excludes halogenated alkanes) is 1. The lowest BCUT2D eigenvalue weighted by molar-refractivity contribution is -0.146. The first kappa shape index (κ1) is 20.5. The van der Waals surface area contributed by atoms with Crippen molar-refractivity contribution in [3.05, 3.63) is 0 Å². The Morgan fingerprint density at radius 2 is 1.74 bits per heavy atom. The Balaban J connectivity index is 0. The second-order valence-corrected chi connectivity index (χ2v) is 4.85. The summed E-state index contributed by atoms with van der Waals surface area (Å²) in [7, 11) is 0. The molecule has 0 fully saturated rings. The van der Waals surface area contributed by atoms with E-state index in [9.17, 15) is 9.59 Å². The van der Waals surface area contributed by atoms with E-state index in [0.29, 0.717) is 25.1 Å². The molecule has 0 aliphatic heterocycles. The van der Waals surface area contributed by atoms with Crippen LogP contribution in [0.25, 0.3) is 0 Å². The van der Waals surface area contributed by atoms with Gasteiger partial charge in [-0.05, 0) is 37.8 Å². The van der Waals surface area contributed by atoms with Crippen LogP contribution in [-0.4, -0.2) is 58.0 Å². The van der Waals surface area contributed by atoms with Crippen LogP contribution in [0.1, 0.15) is 25.7 Å². The monoisotopic (exact) mass is 296 g/mol. The highest BCUT2D eigenvalue weighted by Crippen LogP contribution is 1.99. The van der Waals surface area contributed by atoms with Gasteiger partial charge in [-0.3, -0.25) is 4.79 Å². The van der Waals surface area contributed by atoms with Crippen molar-refractivity contribution < 1.29 is 24.9 Å². The first-order chi connectivity index (χ1) is 8.86. The Bertz CT molecular complexity index is 253. The Labute approximate surface area is 117 Å². The van der Waals surface area contributed by atoms with Crippen LogP contribution in [0.2, 0.25) is 0 Å². The largest absolute Gasteiger partial charge is 0.480 e. The number of aliphatic hydroxyl groups excluding tert-OH is 1. The van der Waals surface area contributed by atoms with E-state index in [-0.39, 0.29) is 0 Å². The van der Waals surface area contributed by atoms with Crippen LogP contribution in [-0.2, 0) is 9.59 Å². The van der Waals surface area contributed by atoms with Crippen molar-refractivity contribution in [2.75, 3.05) is 18.6 Å². The number of rotatable bonds is 9. The smallest absolute Gasteiger partial charge is 0.332 e. The van der Waals surface area contributed by atoms with Crippen LogP contribution in [0.15, 0.2) is 0 Å². The van der Waals surface area contributed by atoms with E-state index < -0.39 is 24.1 Å². The summed E-state index contributed by atoms with van der Waals surface area (Å²) < 4.78 is 0. The molecule has 0 aliphatic rings. The minimum atomic E-state index is -1.18. The quantitative estimate of drug-likeness (QED) is 0.365. The number of aliphatic carboxylic acids is 2. The van der Waals surface area contributed by atoms with E-state index in [4.69, 9.17) is 26.8 Å². The van der Waals surface area contributed by atoms with Gasteiger partial charge in [0, 0.05) is 0 Å². The molecule has 0 aliphatic carbocycles. The van der Waals surface area contributed by atoms with Crippen LogP contribution in [0.5, 0.6) is 0 Å². The van der Waals surface area contributed by atoms with Crippen LogP contribution in [0, 0.1) is 0 Å². The second-order valence-electron chi connectivity index (χ2n) is 3.86. The minimum absolute atomic E-state index is 0.330. The van der Waals surface area contributed by atoms with Gasteiger partial charge in [0.1, 0.15) is 6.04 Å². The molecule has 0 amide bonds. The molecule has 7 N–H and O–H groups in total. The van der Waals surface area contributed by atoms with Gasteiger partial charge in [-0.1, -0.05) is 6.42 Å². The fourth-order valence-electron chi connectivity index (χ4n) is 0.985. The topological polar surface area (TPSA) is 147 Å². The zero-order valence-electron chi connectivity index (χ0n) is 11.1. The first-order valence-electron chi connectivity index (χ1n) is 5.95. The number of thioether (sulfide) groups is 1. The maximum absolute atomic E-state index is 10.1. The zero-order valence-corrected chi connectivity index (χ0v) is 11.9. The highest BCUT2D eigenvalue weighted by Gasteiger charge is 2.10. The van der Waals surface area contributed by atoms with Crippen LogP contribution in [0.4, 0.5) is 0 Å². The zero-order chi connectivity index (χ0) is 15.3. The maximum atomic E-state index is 10.1. The van der Waals surface area contributed by atoms with Crippen LogP contribution in [0.3, 0.4) is 0 Å². The molecule has 7 nitrogen and oxygen atoms in total. The van der Waals surface area contributed by atoms with Gasteiger partial charge in [0.05, 0.1) is 0 Å².